The van der Waals surface area contributed by atoms with Gasteiger partial charge in [0.25, 0.3) is 0 Å². The van der Waals surface area contributed by atoms with Crippen LogP contribution in [0.3, 0.4) is 0 Å². The lowest BCUT2D eigenvalue weighted by molar-refractivity contribution is 0.0734. The summed E-state index contributed by atoms with van der Waals surface area (Å²) in [7, 11) is 0. The highest BCUT2D eigenvalue weighted by atomic mass is 35.5. The molecule has 19 heavy (non-hydrogen) atoms. The van der Waals surface area contributed by atoms with Gasteiger partial charge in [-0.05, 0) is 17.7 Å². The molecule has 0 spiro atoms. The van der Waals surface area contributed by atoms with E-state index in [-0.39, 0.29) is 6.04 Å². The molecule has 0 radical (unpaired) electrons. The first-order valence-corrected chi connectivity index (χ1v) is 6.57. The number of morpholine rings is 1. The molecule has 1 saturated heterocycles. The predicted octanol–water partition coefficient (Wildman–Crippen LogP) is 1.97. The maximum Gasteiger partial charge on any atom is 0.231 e. The summed E-state index contributed by atoms with van der Waals surface area (Å²) < 4.78 is 10.6. The van der Waals surface area contributed by atoms with E-state index in [9.17, 15) is 0 Å². The van der Waals surface area contributed by atoms with Crippen LogP contribution in [0.5, 0.6) is 0 Å². The zero-order valence-electron chi connectivity index (χ0n) is 10.3. The Labute approximate surface area is 115 Å². The number of benzene rings is 1. The van der Waals surface area contributed by atoms with E-state index in [0.717, 1.165) is 23.7 Å². The summed E-state index contributed by atoms with van der Waals surface area (Å²) in [5, 5.41) is 8.01. The van der Waals surface area contributed by atoms with Crippen LogP contribution in [0.15, 0.2) is 28.8 Å². The first kappa shape index (κ1) is 12.6. The molecule has 6 heteroatoms. The number of ether oxygens (including phenoxy) is 1. The monoisotopic (exact) mass is 279 g/mol. The van der Waals surface area contributed by atoms with Crippen molar-refractivity contribution in [2.24, 2.45) is 0 Å². The summed E-state index contributed by atoms with van der Waals surface area (Å²) in [4.78, 5) is 4.40. The Morgan fingerprint density at radius 3 is 2.89 bits per heavy atom. The van der Waals surface area contributed by atoms with Crippen molar-refractivity contribution in [1.29, 1.82) is 0 Å². The molecule has 0 unspecified atom stereocenters. The minimum absolute atomic E-state index is 0.0245. The lowest BCUT2D eigenvalue weighted by Gasteiger charge is -2.20. The number of hydrogen-bond donors (Lipinski definition) is 1. The number of hydrogen-bond acceptors (Lipinski definition) is 5. The molecule has 1 aliphatic rings. The first-order chi connectivity index (χ1) is 9.31. The van der Waals surface area contributed by atoms with Gasteiger partial charge in [-0.2, -0.15) is 4.98 Å². The molecule has 1 aromatic carbocycles. The van der Waals surface area contributed by atoms with E-state index in [4.69, 9.17) is 20.9 Å². The van der Waals surface area contributed by atoms with E-state index < -0.39 is 0 Å². The molecule has 100 valence electrons. The van der Waals surface area contributed by atoms with Gasteiger partial charge in [-0.3, -0.25) is 0 Å². The van der Waals surface area contributed by atoms with E-state index in [1.165, 1.54) is 0 Å². The second-order valence-corrected chi connectivity index (χ2v) is 4.87. The van der Waals surface area contributed by atoms with Gasteiger partial charge in [-0.15, -0.1) is 0 Å². The fraction of sp³-hybridized carbons (Fsp3) is 0.385. The van der Waals surface area contributed by atoms with Crippen LogP contribution in [0.1, 0.15) is 23.3 Å². The number of nitrogens with zero attached hydrogens (tertiary/aromatic N) is 2. The Balaban J connectivity index is 1.68. The number of nitrogens with one attached hydrogen (secondary N) is 1. The van der Waals surface area contributed by atoms with E-state index in [0.29, 0.717) is 24.7 Å². The summed E-state index contributed by atoms with van der Waals surface area (Å²) in [6.07, 6.45) is 0.609. The minimum Gasteiger partial charge on any atom is -0.378 e. The average Bonchev–Trinajstić information content (AvgIpc) is 2.91. The Bertz CT molecular complexity index is 535. The van der Waals surface area contributed by atoms with Crippen molar-refractivity contribution < 1.29 is 9.26 Å². The molecule has 0 bridgehead atoms. The van der Waals surface area contributed by atoms with Crippen LogP contribution in [-0.4, -0.2) is 29.9 Å². The van der Waals surface area contributed by atoms with Crippen LogP contribution in [0.25, 0.3) is 0 Å². The lowest BCUT2D eigenvalue weighted by atomic mass is 10.1. The van der Waals surface area contributed by atoms with Crippen molar-refractivity contribution in [3.05, 3.63) is 46.6 Å². The zero-order chi connectivity index (χ0) is 13.1. The van der Waals surface area contributed by atoms with Crippen molar-refractivity contribution in [1.82, 2.24) is 15.5 Å². The topological polar surface area (TPSA) is 60.2 Å². The normalized spacial score (nSPS) is 19.5. The third-order valence-electron chi connectivity index (χ3n) is 2.99. The van der Waals surface area contributed by atoms with E-state index in [1.807, 2.05) is 24.3 Å². The molecule has 1 fully saturated rings. The maximum atomic E-state index is 5.85. The summed E-state index contributed by atoms with van der Waals surface area (Å²) in [5.41, 5.74) is 1.09. The summed E-state index contributed by atoms with van der Waals surface area (Å²) in [6, 6.07) is 7.63. The van der Waals surface area contributed by atoms with Crippen molar-refractivity contribution >= 4 is 11.6 Å². The average molecular weight is 280 g/mol. The smallest absolute Gasteiger partial charge is 0.231 e. The summed E-state index contributed by atoms with van der Waals surface area (Å²) in [5.74, 6) is 1.26. The molecular weight excluding hydrogens is 266 g/mol. The van der Waals surface area contributed by atoms with Crippen LogP contribution in [-0.2, 0) is 11.2 Å². The number of halogens is 1. The lowest BCUT2D eigenvalue weighted by Crippen LogP contribution is -2.35. The molecule has 1 atom stereocenters. The largest absolute Gasteiger partial charge is 0.378 e. The summed E-state index contributed by atoms with van der Waals surface area (Å²) in [6.45, 7) is 2.12. The van der Waals surface area contributed by atoms with Crippen LogP contribution >= 0.6 is 11.6 Å². The molecule has 2 aromatic rings. The predicted molar refractivity (Wildman–Crippen MR) is 70.1 cm³/mol. The van der Waals surface area contributed by atoms with E-state index in [2.05, 4.69) is 15.5 Å². The maximum absolute atomic E-state index is 5.85. The molecule has 0 amide bonds. The number of rotatable bonds is 3. The summed E-state index contributed by atoms with van der Waals surface area (Å²) >= 11 is 5.85. The van der Waals surface area contributed by atoms with Gasteiger partial charge in [0.1, 0.15) is 0 Å². The Morgan fingerprint density at radius 2 is 2.16 bits per heavy atom. The van der Waals surface area contributed by atoms with Gasteiger partial charge < -0.3 is 14.6 Å². The van der Waals surface area contributed by atoms with Gasteiger partial charge >= 0.3 is 0 Å². The van der Waals surface area contributed by atoms with Crippen LogP contribution in [0, 0.1) is 0 Å². The van der Waals surface area contributed by atoms with Gasteiger partial charge in [0, 0.05) is 11.6 Å². The van der Waals surface area contributed by atoms with E-state index >= 15 is 0 Å². The SMILES string of the molecule is Clc1ccc(Cc2nc([C@@H]3COCCN3)no2)cc1. The first-order valence-electron chi connectivity index (χ1n) is 6.19. The highest BCUT2D eigenvalue weighted by Gasteiger charge is 2.20. The molecule has 0 aliphatic carbocycles. The second kappa shape index (κ2) is 5.69. The molecule has 1 aliphatic heterocycles. The van der Waals surface area contributed by atoms with Crippen LogP contribution < -0.4 is 5.32 Å². The highest BCUT2D eigenvalue weighted by molar-refractivity contribution is 6.30. The molecule has 5 nitrogen and oxygen atoms in total. The van der Waals surface area contributed by atoms with Crippen LogP contribution in [0.4, 0.5) is 0 Å². The Hall–Kier alpha value is -1.43. The quantitative estimate of drug-likeness (QED) is 0.931. The van der Waals surface area contributed by atoms with E-state index in [1.54, 1.807) is 0 Å². The van der Waals surface area contributed by atoms with Gasteiger partial charge in [0.2, 0.25) is 5.89 Å². The fourth-order valence-electron chi connectivity index (χ4n) is 1.99. The number of aromatic nitrogens is 2. The van der Waals surface area contributed by atoms with Gasteiger partial charge in [0.05, 0.1) is 25.7 Å². The van der Waals surface area contributed by atoms with Gasteiger partial charge in [-0.25, -0.2) is 0 Å². The zero-order valence-corrected chi connectivity index (χ0v) is 11.1. The highest BCUT2D eigenvalue weighted by Crippen LogP contribution is 2.16. The van der Waals surface area contributed by atoms with Gasteiger partial charge in [0.15, 0.2) is 5.82 Å². The molecule has 1 N–H and O–H groups in total. The fourth-order valence-corrected chi connectivity index (χ4v) is 2.12. The van der Waals surface area contributed by atoms with Crippen molar-refractivity contribution in [2.75, 3.05) is 19.8 Å². The molecule has 3 rings (SSSR count). The second-order valence-electron chi connectivity index (χ2n) is 4.43. The molecule has 0 saturated carbocycles. The Kier molecular flexibility index (Phi) is 3.77. The Morgan fingerprint density at radius 1 is 1.32 bits per heavy atom. The third kappa shape index (κ3) is 3.12. The van der Waals surface area contributed by atoms with Crippen molar-refractivity contribution in [3.63, 3.8) is 0 Å². The van der Waals surface area contributed by atoms with Crippen LogP contribution in [0.2, 0.25) is 5.02 Å². The third-order valence-corrected chi connectivity index (χ3v) is 3.24. The molecule has 2 heterocycles. The molecular formula is C13H14ClN3O2. The minimum atomic E-state index is 0.0245. The van der Waals surface area contributed by atoms with Crippen molar-refractivity contribution in [2.45, 2.75) is 12.5 Å². The molecule has 1 aromatic heterocycles. The van der Waals surface area contributed by atoms with Crippen molar-refractivity contribution in [3.8, 4) is 0 Å². The van der Waals surface area contributed by atoms with Gasteiger partial charge in [-0.1, -0.05) is 28.9 Å². The standard InChI is InChI=1S/C13H14ClN3O2/c14-10-3-1-9(2-4-10)7-12-16-13(17-19-12)11-8-18-6-5-15-11/h1-4,11,15H,5-8H2/t11-/m0/s1.